The Morgan fingerprint density at radius 1 is 1.21 bits per heavy atom. The van der Waals surface area contributed by atoms with Gasteiger partial charge in [0.2, 0.25) is 10.0 Å². The van der Waals surface area contributed by atoms with Crippen LogP contribution in [0.2, 0.25) is 0 Å². The smallest absolute Gasteiger partial charge is 0.218 e. The number of nitrogens with one attached hydrogen (secondary N) is 1. The molecular formula is C13H21N3O2S. The minimum Gasteiger partial charge on any atom is -0.399 e. The first-order valence-electron chi connectivity index (χ1n) is 6.45. The molecule has 1 unspecified atom stereocenters. The number of sulfonamides is 1. The Kier molecular flexibility index (Phi) is 4.13. The zero-order valence-corrected chi connectivity index (χ0v) is 12.2. The van der Waals surface area contributed by atoms with Gasteiger partial charge in [0.05, 0.1) is 5.75 Å². The topological polar surface area (TPSA) is 75.4 Å². The van der Waals surface area contributed by atoms with Crippen LogP contribution >= 0.6 is 0 Å². The Hall–Kier alpha value is -1.11. The monoisotopic (exact) mass is 283 g/mol. The van der Waals surface area contributed by atoms with E-state index in [9.17, 15) is 8.42 Å². The number of hydrogen-bond acceptors (Lipinski definition) is 4. The van der Waals surface area contributed by atoms with Gasteiger partial charge in [-0.3, -0.25) is 0 Å². The van der Waals surface area contributed by atoms with Crippen molar-refractivity contribution in [1.29, 1.82) is 0 Å². The first-order chi connectivity index (χ1) is 8.87. The first kappa shape index (κ1) is 14.3. The summed E-state index contributed by atoms with van der Waals surface area (Å²) < 4.78 is 26.4. The van der Waals surface area contributed by atoms with Gasteiger partial charge in [0.25, 0.3) is 0 Å². The second-order valence-electron chi connectivity index (χ2n) is 5.28. The zero-order chi connectivity index (χ0) is 14.0. The summed E-state index contributed by atoms with van der Waals surface area (Å²) in [6, 6.07) is 7.36. The van der Waals surface area contributed by atoms with Gasteiger partial charge in [-0.25, -0.2) is 8.42 Å². The van der Waals surface area contributed by atoms with Crippen LogP contribution in [0.15, 0.2) is 24.3 Å². The van der Waals surface area contributed by atoms with E-state index in [1.54, 1.807) is 28.6 Å². The number of benzene rings is 1. The predicted octanol–water partition coefficient (Wildman–Crippen LogP) is 0.781. The molecule has 0 amide bonds. The van der Waals surface area contributed by atoms with Crippen molar-refractivity contribution >= 4 is 15.7 Å². The molecule has 0 saturated carbocycles. The van der Waals surface area contributed by atoms with E-state index in [4.69, 9.17) is 5.73 Å². The number of nitrogens with zero attached hydrogens (tertiary/aromatic N) is 1. The van der Waals surface area contributed by atoms with Crippen LogP contribution < -0.4 is 11.1 Å². The van der Waals surface area contributed by atoms with E-state index in [0.717, 1.165) is 5.56 Å². The van der Waals surface area contributed by atoms with E-state index in [2.05, 4.69) is 5.32 Å². The lowest BCUT2D eigenvalue weighted by Gasteiger charge is -2.35. The summed E-state index contributed by atoms with van der Waals surface area (Å²) in [4.78, 5) is 0. The Morgan fingerprint density at radius 3 is 2.26 bits per heavy atom. The van der Waals surface area contributed by atoms with Crippen molar-refractivity contribution < 1.29 is 8.42 Å². The van der Waals surface area contributed by atoms with Crippen molar-refractivity contribution in [3.8, 4) is 0 Å². The van der Waals surface area contributed by atoms with Gasteiger partial charge in [-0.15, -0.1) is 0 Å². The van der Waals surface area contributed by atoms with Crippen LogP contribution in [0.1, 0.15) is 19.4 Å². The summed E-state index contributed by atoms with van der Waals surface area (Å²) in [7, 11) is -3.26. The molecule has 1 aromatic carbocycles. The molecule has 1 saturated heterocycles. The lowest BCUT2D eigenvalue weighted by atomic mass is 10.2. The Morgan fingerprint density at radius 2 is 1.74 bits per heavy atom. The molecule has 3 N–H and O–H groups in total. The van der Waals surface area contributed by atoms with Crippen LogP contribution in [-0.2, 0) is 15.8 Å². The van der Waals surface area contributed by atoms with Crippen LogP contribution in [0.25, 0.3) is 0 Å². The molecule has 1 aliphatic rings. The van der Waals surface area contributed by atoms with E-state index in [0.29, 0.717) is 18.8 Å². The fourth-order valence-electron chi connectivity index (χ4n) is 2.42. The van der Waals surface area contributed by atoms with Crippen molar-refractivity contribution in [2.45, 2.75) is 31.7 Å². The number of nitrogen functional groups attached to an aromatic ring is 1. The van der Waals surface area contributed by atoms with E-state index < -0.39 is 10.0 Å². The number of anilines is 1. The van der Waals surface area contributed by atoms with Crippen molar-refractivity contribution in [1.82, 2.24) is 9.62 Å². The first-order valence-corrected chi connectivity index (χ1v) is 8.06. The summed E-state index contributed by atoms with van der Waals surface area (Å²) in [5.74, 6) is 0.0344. The van der Waals surface area contributed by atoms with Crippen LogP contribution in [0.4, 0.5) is 5.69 Å². The fourth-order valence-corrected chi connectivity index (χ4v) is 4.12. The van der Waals surface area contributed by atoms with Crippen LogP contribution in [0.5, 0.6) is 0 Å². The number of piperazine rings is 1. The van der Waals surface area contributed by atoms with Gasteiger partial charge < -0.3 is 11.1 Å². The fraction of sp³-hybridized carbons (Fsp3) is 0.538. The second-order valence-corrected chi connectivity index (χ2v) is 7.25. The molecule has 1 aliphatic heterocycles. The van der Waals surface area contributed by atoms with Crippen LogP contribution in [-0.4, -0.2) is 37.9 Å². The van der Waals surface area contributed by atoms with Crippen molar-refractivity contribution in [3.63, 3.8) is 0 Å². The van der Waals surface area contributed by atoms with Crippen LogP contribution in [0, 0.1) is 0 Å². The number of hydrogen-bond donors (Lipinski definition) is 2. The average molecular weight is 283 g/mol. The molecular weight excluding hydrogens is 262 g/mol. The summed E-state index contributed by atoms with van der Waals surface area (Å²) in [5, 5.41) is 3.33. The third kappa shape index (κ3) is 3.68. The number of nitrogens with two attached hydrogens (primary N) is 1. The Balaban J connectivity index is 2.11. The summed E-state index contributed by atoms with van der Waals surface area (Å²) in [6.07, 6.45) is 0. The highest BCUT2D eigenvalue weighted by Crippen LogP contribution is 2.16. The van der Waals surface area contributed by atoms with Crippen molar-refractivity contribution in [3.05, 3.63) is 29.8 Å². The zero-order valence-electron chi connectivity index (χ0n) is 11.3. The Labute approximate surface area is 114 Å². The molecule has 1 aromatic rings. The summed E-state index contributed by atoms with van der Waals surface area (Å²) >= 11 is 0. The second kappa shape index (κ2) is 5.48. The minimum atomic E-state index is -3.26. The van der Waals surface area contributed by atoms with Crippen molar-refractivity contribution in [2.24, 2.45) is 0 Å². The van der Waals surface area contributed by atoms with E-state index in [1.807, 2.05) is 13.8 Å². The van der Waals surface area contributed by atoms with Gasteiger partial charge in [0, 0.05) is 30.9 Å². The van der Waals surface area contributed by atoms with Gasteiger partial charge in [-0.2, -0.15) is 4.31 Å². The third-order valence-corrected chi connectivity index (χ3v) is 5.03. The maximum atomic E-state index is 12.4. The van der Waals surface area contributed by atoms with E-state index in [-0.39, 0.29) is 17.8 Å². The third-order valence-electron chi connectivity index (χ3n) is 3.25. The van der Waals surface area contributed by atoms with Gasteiger partial charge in [0.15, 0.2) is 0 Å². The van der Waals surface area contributed by atoms with Gasteiger partial charge in [-0.1, -0.05) is 12.1 Å². The van der Waals surface area contributed by atoms with E-state index in [1.165, 1.54) is 0 Å². The van der Waals surface area contributed by atoms with Crippen LogP contribution in [0.3, 0.4) is 0 Å². The van der Waals surface area contributed by atoms with Gasteiger partial charge in [-0.05, 0) is 31.5 Å². The van der Waals surface area contributed by atoms with Gasteiger partial charge in [0.1, 0.15) is 0 Å². The molecule has 0 bridgehead atoms. The lowest BCUT2D eigenvalue weighted by Crippen LogP contribution is -2.55. The quantitative estimate of drug-likeness (QED) is 0.804. The van der Waals surface area contributed by atoms with E-state index >= 15 is 0 Å². The highest BCUT2D eigenvalue weighted by atomic mass is 32.2. The molecule has 0 aliphatic carbocycles. The molecule has 1 heterocycles. The maximum Gasteiger partial charge on any atom is 0.218 e. The largest absolute Gasteiger partial charge is 0.399 e. The number of rotatable bonds is 3. The molecule has 106 valence electrons. The molecule has 0 radical (unpaired) electrons. The molecule has 19 heavy (non-hydrogen) atoms. The molecule has 6 heteroatoms. The normalized spacial score (nSPS) is 25.4. The molecule has 2 atom stereocenters. The van der Waals surface area contributed by atoms with Crippen molar-refractivity contribution in [2.75, 3.05) is 18.8 Å². The molecule has 2 rings (SSSR count). The predicted molar refractivity (Wildman–Crippen MR) is 77.1 cm³/mol. The summed E-state index contributed by atoms with van der Waals surface area (Å²) in [5.41, 5.74) is 7.02. The highest BCUT2D eigenvalue weighted by Gasteiger charge is 2.29. The lowest BCUT2D eigenvalue weighted by molar-refractivity contribution is 0.262. The Bertz CT molecular complexity index is 517. The average Bonchev–Trinajstić information content (AvgIpc) is 2.31. The molecule has 0 spiro atoms. The summed E-state index contributed by atoms with van der Waals surface area (Å²) in [6.45, 7) is 5.06. The molecule has 0 aromatic heterocycles. The SMILES string of the molecule is CC1CN(S(=O)(=O)Cc2ccc(N)cc2)C[C@H](C)N1. The maximum absolute atomic E-state index is 12.4. The minimum absolute atomic E-state index is 0.0344. The van der Waals surface area contributed by atoms with Gasteiger partial charge >= 0.3 is 0 Å². The standard InChI is InChI=1S/C13H21N3O2S/c1-10-7-16(8-11(2)15-10)19(17,18)9-12-3-5-13(14)6-4-12/h3-6,10-11,15H,7-9,14H2,1-2H3/t10-,11?/m0/s1. The highest BCUT2D eigenvalue weighted by molar-refractivity contribution is 7.88. The molecule has 1 fully saturated rings. The molecule has 5 nitrogen and oxygen atoms in total.